The van der Waals surface area contributed by atoms with Crippen LogP contribution in [0.1, 0.15) is 23.8 Å². The minimum atomic E-state index is -0.248. The van der Waals surface area contributed by atoms with Gasteiger partial charge in [0.05, 0.1) is 0 Å². The molecule has 0 saturated heterocycles. The van der Waals surface area contributed by atoms with E-state index in [9.17, 15) is 4.39 Å². The Hall–Kier alpha value is -0.900. The van der Waals surface area contributed by atoms with Crippen molar-refractivity contribution in [2.45, 2.75) is 18.9 Å². The van der Waals surface area contributed by atoms with Crippen LogP contribution in [0.4, 0.5) is 4.39 Å². The van der Waals surface area contributed by atoms with Crippen molar-refractivity contribution in [3.05, 3.63) is 46.0 Å². The Labute approximate surface area is 121 Å². The average Bonchev–Trinajstić information content (AvgIpc) is 3.11. The van der Waals surface area contributed by atoms with Crippen molar-refractivity contribution in [3.8, 4) is 10.4 Å². The first-order valence-corrected chi connectivity index (χ1v) is 7.61. The molecule has 2 aromatic rings. The van der Waals surface area contributed by atoms with Crippen LogP contribution in [0.3, 0.4) is 0 Å². The molecular formula is C15H15ClFNS. The lowest BCUT2D eigenvalue weighted by molar-refractivity contribution is 0.537. The van der Waals surface area contributed by atoms with Crippen LogP contribution in [0, 0.1) is 11.7 Å². The molecule has 0 radical (unpaired) electrons. The van der Waals surface area contributed by atoms with Crippen LogP contribution < -0.4 is 5.32 Å². The van der Waals surface area contributed by atoms with Gasteiger partial charge in [0.2, 0.25) is 0 Å². The monoisotopic (exact) mass is 295 g/mol. The predicted octanol–water partition coefficient (Wildman–Crippen LogP) is 4.88. The predicted molar refractivity (Wildman–Crippen MR) is 79.2 cm³/mol. The van der Waals surface area contributed by atoms with Gasteiger partial charge in [0.1, 0.15) is 5.82 Å². The summed E-state index contributed by atoms with van der Waals surface area (Å²) in [5, 5.41) is 3.97. The molecule has 0 amide bonds. The first kappa shape index (κ1) is 13.1. The molecule has 3 rings (SSSR count). The maximum atomic E-state index is 13.3. The van der Waals surface area contributed by atoms with E-state index in [0.29, 0.717) is 11.1 Å². The minimum Gasteiger partial charge on any atom is -0.312 e. The van der Waals surface area contributed by atoms with Gasteiger partial charge in [-0.2, -0.15) is 0 Å². The average molecular weight is 296 g/mol. The molecule has 1 N–H and O–H groups in total. The number of hydrogen-bond donors (Lipinski definition) is 1. The van der Waals surface area contributed by atoms with Gasteiger partial charge in [-0.15, -0.1) is 11.3 Å². The molecule has 1 unspecified atom stereocenters. The van der Waals surface area contributed by atoms with E-state index in [2.05, 4.69) is 11.4 Å². The molecule has 1 fully saturated rings. The number of rotatable bonds is 4. The first-order valence-electron chi connectivity index (χ1n) is 6.41. The van der Waals surface area contributed by atoms with Crippen LogP contribution >= 0.6 is 22.9 Å². The van der Waals surface area contributed by atoms with Crippen LogP contribution in [-0.4, -0.2) is 7.05 Å². The summed E-state index contributed by atoms with van der Waals surface area (Å²) in [6, 6.07) is 9.09. The van der Waals surface area contributed by atoms with E-state index in [4.69, 9.17) is 11.6 Å². The van der Waals surface area contributed by atoms with Crippen molar-refractivity contribution in [1.82, 2.24) is 5.32 Å². The van der Waals surface area contributed by atoms with Crippen molar-refractivity contribution in [3.63, 3.8) is 0 Å². The van der Waals surface area contributed by atoms with E-state index in [0.717, 1.165) is 16.4 Å². The third-order valence-corrected chi connectivity index (χ3v) is 5.06. The molecule has 1 aromatic carbocycles. The smallest absolute Gasteiger partial charge is 0.123 e. The Morgan fingerprint density at radius 2 is 2.11 bits per heavy atom. The number of thiophene rings is 1. The molecule has 1 nitrogen and oxygen atoms in total. The van der Waals surface area contributed by atoms with Crippen molar-refractivity contribution < 1.29 is 4.39 Å². The summed E-state index contributed by atoms with van der Waals surface area (Å²) in [6.45, 7) is 0. The molecule has 100 valence electrons. The molecule has 1 aliphatic rings. The second-order valence-electron chi connectivity index (χ2n) is 4.93. The van der Waals surface area contributed by atoms with E-state index in [1.807, 2.05) is 13.1 Å². The summed E-state index contributed by atoms with van der Waals surface area (Å²) in [6.07, 6.45) is 2.58. The van der Waals surface area contributed by atoms with Gasteiger partial charge < -0.3 is 5.32 Å². The molecule has 1 aromatic heterocycles. The van der Waals surface area contributed by atoms with Crippen LogP contribution in [0.5, 0.6) is 0 Å². The molecular weight excluding hydrogens is 281 g/mol. The highest BCUT2D eigenvalue weighted by Crippen LogP contribution is 2.44. The normalized spacial score (nSPS) is 16.6. The van der Waals surface area contributed by atoms with Gasteiger partial charge in [0, 0.05) is 26.4 Å². The molecule has 1 heterocycles. The number of halogens is 2. The number of nitrogens with one attached hydrogen (secondary N) is 1. The first-order chi connectivity index (χ1) is 9.19. The standard InChI is InChI=1S/C15H15ClFNS/c1-18-15(9-2-3-9)14-7-6-13(19-14)11-8-10(17)4-5-12(11)16/h4-9,15,18H,2-3H2,1H3. The van der Waals surface area contributed by atoms with Gasteiger partial charge in [0.15, 0.2) is 0 Å². The molecule has 0 bridgehead atoms. The van der Waals surface area contributed by atoms with Crippen LogP contribution in [-0.2, 0) is 0 Å². The second-order valence-corrected chi connectivity index (χ2v) is 6.45. The van der Waals surface area contributed by atoms with E-state index < -0.39 is 0 Å². The Kier molecular flexibility index (Phi) is 3.61. The lowest BCUT2D eigenvalue weighted by Crippen LogP contribution is -2.16. The molecule has 0 spiro atoms. The van der Waals surface area contributed by atoms with Gasteiger partial charge in [0.25, 0.3) is 0 Å². The fraction of sp³-hybridized carbons (Fsp3) is 0.333. The summed E-state index contributed by atoms with van der Waals surface area (Å²) in [4.78, 5) is 2.33. The summed E-state index contributed by atoms with van der Waals surface area (Å²) in [5.74, 6) is 0.501. The third-order valence-electron chi connectivity index (χ3n) is 3.53. The van der Waals surface area contributed by atoms with Crippen molar-refractivity contribution >= 4 is 22.9 Å². The zero-order valence-corrected chi connectivity index (χ0v) is 12.2. The zero-order chi connectivity index (χ0) is 13.4. The SMILES string of the molecule is CNC(c1ccc(-c2cc(F)ccc2Cl)s1)C1CC1. The van der Waals surface area contributed by atoms with Gasteiger partial charge in [-0.25, -0.2) is 4.39 Å². The fourth-order valence-corrected chi connectivity index (χ4v) is 3.91. The lowest BCUT2D eigenvalue weighted by atomic mass is 10.1. The largest absolute Gasteiger partial charge is 0.312 e. The lowest BCUT2D eigenvalue weighted by Gasteiger charge is -2.12. The second kappa shape index (κ2) is 5.23. The van der Waals surface area contributed by atoms with Crippen molar-refractivity contribution in [2.24, 2.45) is 5.92 Å². The van der Waals surface area contributed by atoms with Crippen molar-refractivity contribution in [1.29, 1.82) is 0 Å². The molecule has 1 saturated carbocycles. The van der Waals surface area contributed by atoms with Gasteiger partial charge >= 0.3 is 0 Å². The molecule has 19 heavy (non-hydrogen) atoms. The third kappa shape index (κ3) is 2.69. The van der Waals surface area contributed by atoms with Crippen LogP contribution in [0.2, 0.25) is 5.02 Å². The highest BCUT2D eigenvalue weighted by Gasteiger charge is 2.32. The van der Waals surface area contributed by atoms with E-state index in [1.165, 1.54) is 29.9 Å². The quantitative estimate of drug-likeness (QED) is 0.848. The fourth-order valence-electron chi connectivity index (χ4n) is 2.39. The van der Waals surface area contributed by atoms with E-state index in [1.54, 1.807) is 17.4 Å². The number of benzene rings is 1. The highest BCUT2D eigenvalue weighted by atomic mass is 35.5. The van der Waals surface area contributed by atoms with Gasteiger partial charge in [-0.3, -0.25) is 0 Å². The number of hydrogen-bond acceptors (Lipinski definition) is 2. The summed E-state index contributed by atoms with van der Waals surface area (Å²) in [7, 11) is 2.00. The molecule has 0 aliphatic heterocycles. The maximum Gasteiger partial charge on any atom is 0.123 e. The topological polar surface area (TPSA) is 12.0 Å². The zero-order valence-electron chi connectivity index (χ0n) is 10.6. The Morgan fingerprint density at radius 1 is 1.32 bits per heavy atom. The van der Waals surface area contributed by atoms with Crippen molar-refractivity contribution in [2.75, 3.05) is 7.05 Å². The van der Waals surface area contributed by atoms with Gasteiger partial charge in [-0.05, 0) is 56.1 Å². The Bertz CT molecular complexity index is 592. The molecule has 1 atom stereocenters. The summed E-state index contributed by atoms with van der Waals surface area (Å²) < 4.78 is 13.3. The van der Waals surface area contributed by atoms with E-state index >= 15 is 0 Å². The Morgan fingerprint density at radius 3 is 2.79 bits per heavy atom. The van der Waals surface area contributed by atoms with Crippen LogP contribution in [0.15, 0.2) is 30.3 Å². The minimum absolute atomic E-state index is 0.248. The van der Waals surface area contributed by atoms with Gasteiger partial charge in [-0.1, -0.05) is 11.6 Å². The highest BCUT2D eigenvalue weighted by molar-refractivity contribution is 7.15. The summed E-state index contributed by atoms with van der Waals surface area (Å²) >= 11 is 7.85. The molecule has 4 heteroatoms. The summed E-state index contributed by atoms with van der Waals surface area (Å²) in [5.41, 5.74) is 0.781. The Balaban J connectivity index is 1.94. The van der Waals surface area contributed by atoms with E-state index in [-0.39, 0.29) is 5.82 Å². The maximum absolute atomic E-state index is 13.3. The van der Waals surface area contributed by atoms with Crippen LogP contribution in [0.25, 0.3) is 10.4 Å². The molecule has 1 aliphatic carbocycles.